The monoisotopic (exact) mass is 324 g/mol. The first-order valence-corrected chi connectivity index (χ1v) is 6.69. The summed E-state index contributed by atoms with van der Waals surface area (Å²) in [5.41, 5.74) is 7.23. The number of halogens is 2. The Morgan fingerprint density at radius 2 is 2.16 bits per heavy atom. The summed E-state index contributed by atoms with van der Waals surface area (Å²) in [7, 11) is 0. The van der Waals surface area contributed by atoms with Crippen LogP contribution in [0.2, 0.25) is 0 Å². The maximum Gasteiger partial charge on any atom is 0.137 e. The minimum atomic E-state index is -0.578. The molecule has 1 aromatic heterocycles. The van der Waals surface area contributed by atoms with Crippen molar-refractivity contribution in [2.45, 2.75) is 13.0 Å². The van der Waals surface area contributed by atoms with Gasteiger partial charge in [0.25, 0.3) is 0 Å². The van der Waals surface area contributed by atoms with Crippen molar-refractivity contribution >= 4 is 15.9 Å². The third kappa shape index (κ3) is 3.30. The maximum atomic E-state index is 13.8. The molecule has 2 rings (SSSR count). The fourth-order valence-electron chi connectivity index (χ4n) is 1.78. The van der Waals surface area contributed by atoms with Gasteiger partial charge in [-0.1, -0.05) is 15.9 Å². The summed E-state index contributed by atoms with van der Waals surface area (Å²) in [5.74, 6) is 0.295. The summed E-state index contributed by atoms with van der Waals surface area (Å²) < 4.78 is 20.0. The molecule has 0 aliphatic heterocycles. The van der Waals surface area contributed by atoms with Gasteiger partial charge in [0.1, 0.15) is 11.6 Å². The average Bonchev–Trinajstić information content (AvgIpc) is 2.41. The van der Waals surface area contributed by atoms with Crippen LogP contribution in [0.25, 0.3) is 0 Å². The van der Waals surface area contributed by atoms with Gasteiger partial charge < -0.3 is 10.5 Å². The number of rotatable bonds is 4. The number of nitrogens with zero attached hydrogens (tertiary/aromatic N) is 1. The zero-order chi connectivity index (χ0) is 13.8. The van der Waals surface area contributed by atoms with E-state index in [-0.39, 0.29) is 5.82 Å². The highest BCUT2D eigenvalue weighted by atomic mass is 79.9. The summed E-state index contributed by atoms with van der Waals surface area (Å²) in [5, 5.41) is 0. The molecule has 2 N–H and O–H groups in total. The Labute approximate surface area is 119 Å². The summed E-state index contributed by atoms with van der Waals surface area (Å²) in [6, 6.07) is 5.90. The number of pyridine rings is 1. The number of benzene rings is 1. The Bertz CT molecular complexity index is 577. The van der Waals surface area contributed by atoms with Gasteiger partial charge in [-0.05, 0) is 36.8 Å². The van der Waals surface area contributed by atoms with E-state index >= 15 is 0 Å². The van der Waals surface area contributed by atoms with E-state index in [1.807, 2.05) is 6.92 Å². The molecule has 0 aliphatic carbocycles. The molecular weight excluding hydrogens is 311 g/mol. The molecule has 0 fully saturated rings. The van der Waals surface area contributed by atoms with Gasteiger partial charge in [-0.25, -0.2) is 4.39 Å². The molecule has 19 heavy (non-hydrogen) atoms. The lowest BCUT2D eigenvalue weighted by Crippen LogP contribution is -2.14. The summed E-state index contributed by atoms with van der Waals surface area (Å²) in [4.78, 5) is 4.06. The predicted octanol–water partition coefficient (Wildman–Crippen LogP) is 3.43. The molecule has 0 radical (unpaired) electrons. The molecular formula is C14H14BrFN2O. The van der Waals surface area contributed by atoms with Gasteiger partial charge in [0.05, 0.1) is 18.8 Å². The third-order valence-electron chi connectivity index (χ3n) is 2.70. The largest absolute Gasteiger partial charge is 0.492 e. The lowest BCUT2D eigenvalue weighted by Gasteiger charge is -2.14. The lowest BCUT2D eigenvalue weighted by molar-refractivity contribution is 0.338. The molecule has 3 nitrogen and oxygen atoms in total. The lowest BCUT2D eigenvalue weighted by atomic mass is 10.0. The minimum absolute atomic E-state index is 0.336. The fourth-order valence-corrected chi connectivity index (χ4v) is 2.16. The Hall–Kier alpha value is -1.46. The first kappa shape index (κ1) is 14.0. The number of ether oxygens (including phenoxy) is 1. The Morgan fingerprint density at radius 3 is 2.89 bits per heavy atom. The van der Waals surface area contributed by atoms with Crippen molar-refractivity contribution in [2.75, 3.05) is 6.61 Å². The van der Waals surface area contributed by atoms with Crippen molar-refractivity contribution in [3.05, 3.63) is 58.1 Å². The zero-order valence-electron chi connectivity index (χ0n) is 10.4. The number of nitrogens with two attached hydrogens (primary N) is 1. The molecule has 1 unspecified atom stereocenters. The fraction of sp³-hybridized carbons (Fsp3) is 0.214. The van der Waals surface area contributed by atoms with Gasteiger partial charge in [0.15, 0.2) is 0 Å². The van der Waals surface area contributed by atoms with Crippen LogP contribution >= 0.6 is 15.9 Å². The van der Waals surface area contributed by atoms with Crippen molar-refractivity contribution in [2.24, 2.45) is 5.73 Å². The van der Waals surface area contributed by atoms with Gasteiger partial charge in [-0.2, -0.15) is 0 Å². The minimum Gasteiger partial charge on any atom is -0.492 e. The molecule has 5 heteroatoms. The molecule has 0 bridgehead atoms. The van der Waals surface area contributed by atoms with Gasteiger partial charge in [-0.3, -0.25) is 4.98 Å². The zero-order valence-corrected chi connectivity index (χ0v) is 12.0. The Balaban J connectivity index is 2.35. The summed E-state index contributed by atoms with van der Waals surface area (Å²) >= 11 is 3.31. The first-order valence-electron chi connectivity index (χ1n) is 5.90. The van der Waals surface area contributed by atoms with E-state index in [0.717, 1.165) is 4.47 Å². The predicted molar refractivity (Wildman–Crippen MR) is 75.5 cm³/mol. The van der Waals surface area contributed by atoms with Crippen LogP contribution in [-0.4, -0.2) is 11.6 Å². The molecule has 1 aromatic carbocycles. The van der Waals surface area contributed by atoms with Crippen molar-refractivity contribution in [3.8, 4) is 5.75 Å². The topological polar surface area (TPSA) is 48.1 Å². The van der Waals surface area contributed by atoms with Crippen molar-refractivity contribution in [3.63, 3.8) is 0 Å². The molecule has 1 atom stereocenters. The quantitative estimate of drug-likeness (QED) is 0.937. The van der Waals surface area contributed by atoms with E-state index in [1.54, 1.807) is 30.6 Å². The van der Waals surface area contributed by atoms with E-state index < -0.39 is 6.04 Å². The van der Waals surface area contributed by atoms with Gasteiger partial charge >= 0.3 is 0 Å². The first-order chi connectivity index (χ1) is 9.11. The van der Waals surface area contributed by atoms with E-state index in [4.69, 9.17) is 10.5 Å². The molecule has 100 valence electrons. The van der Waals surface area contributed by atoms with Crippen LogP contribution in [0.5, 0.6) is 5.75 Å². The van der Waals surface area contributed by atoms with Crippen LogP contribution < -0.4 is 10.5 Å². The SMILES string of the molecule is CCOc1cncc(C(N)c2cc(Br)ccc2F)c1. The second-order valence-electron chi connectivity index (χ2n) is 4.03. The highest BCUT2D eigenvalue weighted by Gasteiger charge is 2.15. The molecule has 0 amide bonds. The molecule has 1 heterocycles. The number of hydrogen-bond acceptors (Lipinski definition) is 3. The van der Waals surface area contributed by atoms with Gasteiger partial charge in [0.2, 0.25) is 0 Å². The molecule has 0 saturated heterocycles. The van der Waals surface area contributed by atoms with Crippen molar-refractivity contribution in [1.82, 2.24) is 4.98 Å². The van der Waals surface area contributed by atoms with E-state index in [1.165, 1.54) is 6.07 Å². The summed E-state index contributed by atoms with van der Waals surface area (Å²) in [6.45, 7) is 2.44. The van der Waals surface area contributed by atoms with Crippen LogP contribution in [0.1, 0.15) is 24.1 Å². The van der Waals surface area contributed by atoms with Crippen LogP contribution in [0.3, 0.4) is 0 Å². The second-order valence-corrected chi connectivity index (χ2v) is 4.95. The molecule has 0 aliphatic rings. The normalized spacial score (nSPS) is 12.2. The maximum absolute atomic E-state index is 13.8. The van der Waals surface area contributed by atoms with Gasteiger partial charge in [0, 0.05) is 16.2 Å². The van der Waals surface area contributed by atoms with Crippen molar-refractivity contribution < 1.29 is 9.13 Å². The van der Waals surface area contributed by atoms with Crippen LogP contribution in [0, 0.1) is 5.82 Å². The van der Waals surface area contributed by atoms with Crippen molar-refractivity contribution in [1.29, 1.82) is 0 Å². The molecule has 2 aromatic rings. The highest BCUT2D eigenvalue weighted by Crippen LogP contribution is 2.26. The van der Waals surface area contributed by atoms with Crippen LogP contribution in [0.15, 0.2) is 41.1 Å². The standard InChI is InChI=1S/C14H14BrFN2O/c1-2-19-11-5-9(7-18-8-11)14(17)12-6-10(15)3-4-13(12)16/h3-8,14H,2,17H2,1H3. The Kier molecular flexibility index (Phi) is 4.50. The summed E-state index contributed by atoms with van der Waals surface area (Å²) in [6.07, 6.45) is 3.23. The molecule has 0 spiro atoms. The number of hydrogen-bond donors (Lipinski definition) is 1. The van der Waals surface area contributed by atoms with E-state index in [0.29, 0.717) is 23.5 Å². The van der Waals surface area contributed by atoms with E-state index in [9.17, 15) is 4.39 Å². The Morgan fingerprint density at radius 1 is 1.37 bits per heavy atom. The van der Waals surface area contributed by atoms with Crippen LogP contribution in [-0.2, 0) is 0 Å². The highest BCUT2D eigenvalue weighted by molar-refractivity contribution is 9.10. The second kappa shape index (κ2) is 6.12. The average molecular weight is 325 g/mol. The van der Waals surface area contributed by atoms with E-state index in [2.05, 4.69) is 20.9 Å². The van der Waals surface area contributed by atoms with Gasteiger partial charge in [-0.15, -0.1) is 0 Å². The number of aromatic nitrogens is 1. The smallest absolute Gasteiger partial charge is 0.137 e. The van der Waals surface area contributed by atoms with Crippen LogP contribution in [0.4, 0.5) is 4.39 Å². The third-order valence-corrected chi connectivity index (χ3v) is 3.19. The molecule has 0 saturated carbocycles.